The van der Waals surface area contributed by atoms with E-state index in [0.29, 0.717) is 17.0 Å². The van der Waals surface area contributed by atoms with E-state index in [9.17, 15) is 9.59 Å². The molecule has 0 saturated carbocycles. The summed E-state index contributed by atoms with van der Waals surface area (Å²) in [4.78, 5) is 25.1. The van der Waals surface area contributed by atoms with E-state index in [1.165, 1.54) is 173 Å². The van der Waals surface area contributed by atoms with Crippen molar-refractivity contribution < 1.29 is 18.8 Å². The van der Waals surface area contributed by atoms with Gasteiger partial charge in [0, 0.05) is 25.4 Å². The molecule has 0 rings (SSSR count). The number of rotatable bonds is 40. The second-order valence-corrected chi connectivity index (χ2v) is 17.6. The highest BCUT2D eigenvalue weighted by atomic mass is 16.5. The van der Waals surface area contributed by atoms with Crippen LogP contribution in [0.5, 0.6) is 0 Å². The molecule has 0 N–H and O–H groups in total. The van der Waals surface area contributed by atoms with Gasteiger partial charge in [-0.25, -0.2) is 0 Å². The van der Waals surface area contributed by atoms with Crippen LogP contribution in [-0.2, 0) is 14.3 Å². The van der Waals surface area contributed by atoms with Gasteiger partial charge >= 0.3 is 0 Å². The number of unbranched alkanes of at least 4 members (excludes halogenated alkanes) is 21. The fraction of sp³-hybridized carbons (Fsp3) is 0.957. The molecule has 0 aromatic rings. The van der Waals surface area contributed by atoms with Gasteiger partial charge in [0.25, 0.3) is 0 Å². The minimum atomic E-state index is 0.0385. The third-order valence-electron chi connectivity index (χ3n) is 12.3. The van der Waals surface area contributed by atoms with Crippen LogP contribution in [0.3, 0.4) is 0 Å². The van der Waals surface area contributed by atoms with E-state index in [2.05, 4.69) is 34.9 Å². The number of ketones is 2. The van der Waals surface area contributed by atoms with Crippen molar-refractivity contribution in [3.05, 3.63) is 0 Å². The predicted octanol–water partition coefficient (Wildman–Crippen LogP) is 14.4. The SMILES string of the molecule is CCCCCCCCCCC(CCCCCCCCC)(CCCCCCCC(=O)C(C)C)CCCCCCCC(=O)C(C)[N+](C)(C)CCOCC. The number of hydrogen-bond donors (Lipinski definition) is 0. The number of likely N-dealkylation sites (N-methyl/N-ethyl adjacent to an activating group) is 1. The Morgan fingerprint density at radius 3 is 1.18 bits per heavy atom. The molecule has 2 unspecified atom stereocenters. The largest absolute Gasteiger partial charge is 0.376 e. The molecule has 4 heteroatoms. The van der Waals surface area contributed by atoms with Crippen LogP contribution in [-0.4, -0.2) is 55.9 Å². The van der Waals surface area contributed by atoms with Gasteiger partial charge < -0.3 is 9.22 Å². The lowest BCUT2D eigenvalue weighted by atomic mass is 9.70. The van der Waals surface area contributed by atoms with Crippen LogP contribution < -0.4 is 0 Å². The van der Waals surface area contributed by atoms with Gasteiger partial charge in [-0.1, -0.05) is 175 Å². The maximum Gasteiger partial charge on any atom is 0.189 e. The Morgan fingerprint density at radius 1 is 0.490 bits per heavy atom. The zero-order chi connectivity index (χ0) is 38.1. The van der Waals surface area contributed by atoms with Crippen LogP contribution in [0, 0.1) is 11.3 Å². The highest BCUT2D eigenvalue weighted by molar-refractivity contribution is 5.82. The molecule has 0 heterocycles. The first-order chi connectivity index (χ1) is 24.5. The van der Waals surface area contributed by atoms with E-state index in [-0.39, 0.29) is 12.0 Å². The molecule has 0 aromatic carbocycles. The minimum Gasteiger partial charge on any atom is -0.376 e. The van der Waals surface area contributed by atoms with Crippen molar-refractivity contribution in [2.24, 2.45) is 11.3 Å². The van der Waals surface area contributed by atoms with Gasteiger partial charge in [-0.15, -0.1) is 0 Å². The van der Waals surface area contributed by atoms with E-state index in [1.54, 1.807) is 0 Å². The average molecular weight is 721 g/mol. The number of Topliss-reactive ketones (excluding diaryl/α,β-unsaturated/α-hetero) is 2. The van der Waals surface area contributed by atoms with Crippen molar-refractivity contribution >= 4 is 11.6 Å². The first kappa shape index (κ1) is 50.3. The van der Waals surface area contributed by atoms with E-state index in [1.807, 2.05) is 20.8 Å². The van der Waals surface area contributed by atoms with Crippen LogP contribution in [0.4, 0.5) is 0 Å². The smallest absolute Gasteiger partial charge is 0.189 e. The normalized spacial score (nSPS) is 13.9. The molecular formula is C47H94NO3+. The molecule has 0 saturated heterocycles. The van der Waals surface area contributed by atoms with Crippen LogP contribution in [0.15, 0.2) is 0 Å². The van der Waals surface area contributed by atoms with Gasteiger partial charge in [0.1, 0.15) is 18.4 Å². The van der Waals surface area contributed by atoms with Crippen molar-refractivity contribution in [3.8, 4) is 0 Å². The zero-order valence-electron chi connectivity index (χ0n) is 36.4. The summed E-state index contributed by atoms with van der Waals surface area (Å²) < 4.78 is 6.29. The number of carbonyl (C=O) groups excluding carboxylic acids is 2. The Morgan fingerprint density at radius 2 is 0.824 bits per heavy atom. The van der Waals surface area contributed by atoms with Crippen LogP contribution >= 0.6 is 0 Å². The zero-order valence-corrected chi connectivity index (χ0v) is 36.4. The average Bonchev–Trinajstić information content (AvgIpc) is 3.10. The minimum absolute atomic E-state index is 0.0385. The van der Waals surface area contributed by atoms with Crippen LogP contribution in [0.25, 0.3) is 0 Å². The monoisotopic (exact) mass is 721 g/mol. The lowest BCUT2D eigenvalue weighted by Crippen LogP contribution is -2.52. The molecule has 4 nitrogen and oxygen atoms in total. The summed E-state index contributed by atoms with van der Waals surface area (Å²) in [6, 6.07) is 0.0385. The van der Waals surface area contributed by atoms with E-state index >= 15 is 0 Å². The predicted molar refractivity (Wildman–Crippen MR) is 225 cm³/mol. The topological polar surface area (TPSA) is 43.4 Å². The highest BCUT2D eigenvalue weighted by Gasteiger charge is 2.30. The molecule has 2 atom stereocenters. The summed E-state index contributed by atoms with van der Waals surface area (Å²) >= 11 is 0. The van der Waals surface area contributed by atoms with Crippen molar-refractivity contribution in [2.45, 2.75) is 247 Å². The van der Waals surface area contributed by atoms with Crippen molar-refractivity contribution in [3.63, 3.8) is 0 Å². The summed E-state index contributed by atoms with van der Waals surface area (Å²) in [6.07, 6.45) is 40.7. The fourth-order valence-corrected chi connectivity index (χ4v) is 8.03. The van der Waals surface area contributed by atoms with Gasteiger partial charge in [0.15, 0.2) is 5.78 Å². The number of hydrogen-bond acceptors (Lipinski definition) is 3. The first-order valence-corrected chi connectivity index (χ1v) is 23.0. The molecule has 0 spiro atoms. The first-order valence-electron chi connectivity index (χ1n) is 23.0. The molecule has 0 bridgehead atoms. The Bertz CT molecular complexity index is 792. The number of carbonyl (C=O) groups is 2. The van der Waals surface area contributed by atoms with E-state index in [0.717, 1.165) is 49.9 Å². The van der Waals surface area contributed by atoms with Crippen LogP contribution in [0.2, 0.25) is 0 Å². The quantitative estimate of drug-likeness (QED) is 0.0467. The second-order valence-electron chi connectivity index (χ2n) is 17.6. The molecular weight excluding hydrogens is 627 g/mol. The van der Waals surface area contributed by atoms with Gasteiger partial charge in [-0.3, -0.25) is 9.59 Å². The summed E-state index contributed by atoms with van der Waals surface area (Å²) in [5.41, 5.74) is 0.523. The molecule has 304 valence electrons. The summed E-state index contributed by atoms with van der Waals surface area (Å²) in [5, 5.41) is 0. The number of ether oxygens (including phenoxy) is 1. The van der Waals surface area contributed by atoms with Crippen molar-refractivity contribution in [2.75, 3.05) is 33.9 Å². The van der Waals surface area contributed by atoms with Crippen molar-refractivity contribution in [1.29, 1.82) is 0 Å². The number of nitrogens with zero attached hydrogens (tertiary/aromatic N) is 1. The maximum absolute atomic E-state index is 13.0. The lowest BCUT2D eigenvalue weighted by Gasteiger charge is -2.35. The van der Waals surface area contributed by atoms with Crippen LogP contribution in [0.1, 0.15) is 241 Å². The molecule has 0 fully saturated rings. The third kappa shape index (κ3) is 28.4. The molecule has 0 aromatic heterocycles. The molecule has 0 radical (unpaired) electrons. The number of quaternary nitrogens is 1. The summed E-state index contributed by atoms with van der Waals surface area (Å²) in [5.74, 6) is 1.04. The molecule has 0 amide bonds. The second kappa shape index (κ2) is 33.8. The van der Waals surface area contributed by atoms with Gasteiger partial charge in [0.05, 0.1) is 20.7 Å². The van der Waals surface area contributed by atoms with Gasteiger partial charge in [-0.05, 0) is 57.8 Å². The third-order valence-corrected chi connectivity index (χ3v) is 12.3. The van der Waals surface area contributed by atoms with Gasteiger partial charge in [-0.2, -0.15) is 0 Å². The molecule has 0 aliphatic heterocycles. The fourth-order valence-electron chi connectivity index (χ4n) is 8.03. The van der Waals surface area contributed by atoms with Crippen molar-refractivity contribution in [1.82, 2.24) is 0 Å². The standard InChI is InChI=1S/C47H94NO3/c1-9-12-14-16-18-20-26-32-38-47(37-31-25-19-17-15-13-10-2,39-33-27-21-23-29-35-45(49)43(4)5)40-34-28-22-24-30-36-46(50)44(6)48(7,8)41-42-51-11-3/h43-44H,9-42H2,1-8H3/q+1. The van der Waals surface area contributed by atoms with E-state index < -0.39 is 0 Å². The molecule has 0 aliphatic rings. The maximum atomic E-state index is 13.0. The Balaban J connectivity index is 5.09. The molecule has 0 aliphatic carbocycles. The Kier molecular flexibility index (Phi) is 33.3. The van der Waals surface area contributed by atoms with E-state index in [4.69, 9.17) is 4.74 Å². The lowest BCUT2D eigenvalue weighted by molar-refractivity contribution is -0.904. The van der Waals surface area contributed by atoms with Gasteiger partial charge in [0.2, 0.25) is 0 Å². The summed E-state index contributed by atoms with van der Waals surface area (Å²) in [6.45, 7) is 15.2. The summed E-state index contributed by atoms with van der Waals surface area (Å²) in [7, 11) is 4.34. The molecule has 51 heavy (non-hydrogen) atoms. The highest BCUT2D eigenvalue weighted by Crippen LogP contribution is 2.42. The Labute approximate surface area is 321 Å². The Hall–Kier alpha value is -0.740.